The van der Waals surface area contributed by atoms with Gasteiger partial charge in [0.15, 0.2) is 6.10 Å². The summed E-state index contributed by atoms with van der Waals surface area (Å²) in [5.74, 6) is -1.13. The minimum absolute atomic E-state index is 0.0787. The standard InChI is InChI=1S/C41H73O13P/c1-3-5-7-9-11-13-15-16-17-18-19-20-22-24-26-28-30-35(43)53-33(31-51-34(42)29-27-25-23-21-14-12-10-8-6-4-2)32-52-55(49,50)54-41-39(47)37(45)36(44)38(46)40(41)48/h8,10,13,15,17-18,33,36-41,44-48H,3-7,9,11-12,14,16,19-32H2,1-2H3,(H,49,50)/b10-8-,15-13-,18-17-. The van der Waals surface area contributed by atoms with Crippen molar-refractivity contribution in [1.82, 2.24) is 0 Å². The molecule has 6 atom stereocenters. The van der Waals surface area contributed by atoms with Crippen LogP contribution in [0.25, 0.3) is 0 Å². The summed E-state index contributed by atoms with van der Waals surface area (Å²) in [6.45, 7) is 3.17. The summed E-state index contributed by atoms with van der Waals surface area (Å²) in [6, 6.07) is 0. The number of allylic oxidation sites excluding steroid dienone is 6. The number of phosphoric ester groups is 1. The predicted octanol–water partition coefficient (Wildman–Crippen LogP) is 7.05. The van der Waals surface area contributed by atoms with Crippen LogP contribution in [0.3, 0.4) is 0 Å². The SMILES string of the molecule is CCC/C=C\CCCCCCCC(=O)OCC(COP(=O)(O)OC1C(O)C(O)C(O)C(O)C1O)OC(=O)CCCCCCC/C=C\C/C=C\CCCCCC. The van der Waals surface area contributed by atoms with Crippen molar-refractivity contribution < 1.29 is 63.1 Å². The van der Waals surface area contributed by atoms with Crippen LogP contribution in [-0.4, -0.2) is 98.3 Å². The molecule has 1 fully saturated rings. The van der Waals surface area contributed by atoms with Crippen molar-refractivity contribution in [3.05, 3.63) is 36.5 Å². The summed E-state index contributed by atoms with van der Waals surface area (Å²) in [4.78, 5) is 35.5. The molecule has 55 heavy (non-hydrogen) atoms. The lowest BCUT2D eigenvalue weighted by Crippen LogP contribution is -2.64. The highest BCUT2D eigenvalue weighted by Gasteiger charge is 2.51. The molecule has 0 radical (unpaired) electrons. The van der Waals surface area contributed by atoms with E-state index in [4.69, 9.17) is 18.5 Å². The van der Waals surface area contributed by atoms with E-state index >= 15 is 0 Å². The lowest BCUT2D eigenvalue weighted by atomic mass is 9.85. The van der Waals surface area contributed by atoms with Gasteiger partial charge in [0.25, 0.3) is 0 Å². The Morgan fingerprint density at radius 2 is 1.02 bits per heavy atom. The molecule has 0 aromatic heterocycles. The van der Waals surface area contributed by atoms with Gasteiger partial charge in [-0.3, -0.25) is 18.6 Å². The quantitative estimate of drug-likeness (QED) is 0.0170. The van der Waals surface area contributed by atoms with Crippen LogP contribution < -0.4 is 0 Å². The zero-order chi connectivity index (χ0) is 40.7. The first-order chi connectivity index (χ1) is 26.4. The Morgan fingerprint density at radius 3 is 1.56 bits per heavy atom. The van der Waals surface area contributed by atoms with Gasteiger partial charge >= 0.3 is 19.8 Å². The number of esters is 2. The average molecular weight is 805 g/mol. The fourth-order valence-corrected chi connectivity index (χ4v) is 7.00. The Labute approximate surface area is 329 Å². The summed E-state index contributed by atoms with van der Waals surface area (Å²) in [5, 5.41) is 50.0. The maximum atomic E-state index is 12.8. The van der Waals surface area contributed by atoms with Crippen LogP contribution >= 0.6 is 7.82 Å². The number of carbonyl (C=O) groups excluding carboxylic acids is 2. The number of carbonyl (C=O) groups is 2. The number of rotatable bonds is 33. The van der Waals surface area contributed by atoms with Crippen molar-refractivity contribution in [1.29, 1.82) is 0 Å². The number of phosphoric acid groups is 1. The Hall–Kier alpha value is -1.93. The molecule has 1 saturated carbocycles. The maximum Gasteiger partial charge on any atom is 0.472 e. The zero-order valence-electron chi connectivity index (χ0n) is 33.5. The first kappa shape index (κ1) is 51.1. The monoisotopic (exact) mass is 804 g/mol. The molecule has 0 aromatic rings. The van der Waals surface area contributed by atoms with Gasteiger partial charge in [-0.25, -0.2) is 4.57 Å². The van der Waals surface area contributed by atoms with Crippen molar-refractivity contribution in [2.75, 3.05) is 13.2 Å². The Morgan fingerprint density at radius 1 is 0.564 bits per heavy atom. The largest absolute Gasteiger partial charge is 0.472 e. The Balaban J connectivity index is 2.52. The van der Waals surface area contributed by atoms with Crippen LogP contribution in [0.2, 0.25) is 0 Å². The van der Waals surface area contributed by atoms with Gasteiger partial charge in [-0.2, -0.15) is 0 Å². The topological polar surface area (TPSA) is 210 Å². The predicted molar refractivity (Wildman–Crippen MR) is 212 cm³/mol. The van der Waals surface area contributed by atoms with Crippen LogP contribution in [0.1, 0.15) is 155 Å². The molecule has 0 bridgehead atoms. The smallest absolute Gasteiger partial charge is 0.462 e. The van der Waals surface area contributed by atoms with E-state index in [2.05, 4.69) is 50.3 Å². The van der Waals surface area contributed by atoms with Crippen LogP contribution in [0.15, 0.2) is 36.5 Å². The Kier molecular flexibility index (Phi) is 29.8. The second-order valence-corrected chi connectivity index (χ2v) is 15.9. The molecular formula is C41H73O13P. The zero-order valence-corrected chi connectivity index (χ0v) is 34.4. The molecule has 0 amide bonds. The van der Waals surface area contributed by atoms with E-state index in [1.54, 1.807) is 0 Å². The van der Waals surface area contributed by atoms with E-state index in [1.165, 1.54) is 25.7 Å². The molecule has 6 unspecified atom stereocenters. The van der Waals surface area contributed by atoms with Crippen LogP contribution in [-0.2, 0) is 32.7 Å². The number of aliphatic hydroxyl groups is 5. The lowest BCUT2D eigenvalue weighted by Gasteiger charge is -2.41. The molecule has 1 aliphatic rings. The molecular weight excluding hydrogens is 731 g/mol. The second kappa shape index (κ2) is 32.1. The summed E-state index contributed by atoms with van der Waals surface area (Å²) in [5.41, 5.74) is 0. The minimum Gasteiger partial charge on any atom is -0.462 e. The Bertz CT molecular complexity index is 1110. The minimum atomic E-state index is -5.12. The van der Waals surface area contributed by atoms with Crippen LogP contribution in [0, 0.1) is 0 Å². The van der Waals surface area contributed by atoms with Crippen molar-refractivity contribution in [2.24, 2.45) is 0 Å². The third kappa shape index (κ3) is 25.1. The fourth-order valence-electron chi connectivity index (χ4n) is 6.02. The fraction of sp³-hybridized carbons (Fsp3) is 0.805. The third-order valence-electron chi connectivity index (χ3n) is 9.43. The molecule has 0 saturated heterocycles. The molecule has 14 heteroatoms. The van der Waals surface area contributed by atoms with Gasteiger partial charge in [0, 0.05) is 12.8 Å². The number of aliphatic hydroxyl groups excluding tert-OH is 5. The van der Waals surface area contributed by atoms with Crippen molar-refractivity contribution in [3.8, 4) is 0 Å². The van der Waals surface area contributed by atoms with E-state index in [1.807, 2.05) is 0 Å². The highest BCUT2D eigenvalue weighted by Crippen LogP contribution is 2.47. The summed E-state index contributed by atoms with van der Waals surface area (Å²) in [7, 11) is -5.12. The van der Waals surface area contributed by atoms with E-state index in [0.29, 0.717) is 12.8 Å². The van der Waals surface area contributed by atoms with E-state index in [-0.39, 0.29) is 12.8 Å². The van der Waals surface area contributed by atoms with Gasteiger partial charge < -0.3 is 39.9 Å². The summed E-state index contributed by atoms with van der Waals surface area (Å²) >= 11 is 0. The number of hydrogen-bond acceptors (Lipinski definition) is 12. The number of unbranched alkanes of at least 4 members (excludes halogenated alkanes) is 15. The van der Waals surface area contributed by atoms with Gasteiger partial charge in [0.2, 0.25) is 0 Å². The van der Waals surface area contributed by atoms with Crippen LogP contribution in [0.5, 0.6) is 0 Å². The maximum absolute atomic E-state index is 12.8. The van der Waals surface area contributed by atoms with Gasteiger partial charge in [-0.15, -0.1) is 0 Å². The van der Waals surface area contributed by atoms with Crippen molar-refractivity contribution >= 4 is 19.8 Å². The third-order valence-corrected chi connectivity index (χ3v) is 10.4. The van der Waals surface area contributed by atoms with E-state index in [0.717, 1.165) is 89.9 Å². The second-order valence-electron chi connectivity index (χ2n) is 14.5. The molecule has 0 aliphatic heterocycles. The number of ether oxygens (including phenoxy) is 2. The van der Waals surface area contributed by atoms with Gasteiger partial charge in [-0.05, 0) is 64.2 Å². The summed E-state index contributed by atoms with van der Waals surface area (Å²) < 4.78 is 33.3. The summed E-state index contributed by atoms with van der Waals surface area (Å²) in [6.07, 6.45) is 20.8. The highest BCUT2D eigenvalue weighted by molar-refractivity contribution is 7.47. The molecule has 0 aromatic carbocycles. The molecule has 1 aliphatic carbocycles. The normalized spacial score (nSPS) is 23.4. The van der Waals surface area contributed by atoms with Crippen molar-refractivity contribution in [3.63, 3.8) is 0 Å². The molecule has 0 heterocycles. The number of hydrogen-bond donors (Lipinski definition) is 6. The molecule has 0 spiro atoms. The van der Waals surface area contributed by atoms with E-state index in [9.17, 15) is 44.6 Å². The van der Waals surface area contributed by atoms with Gasteiger partial charge in [0.1, 0.15) is 43.2 Å². The van der Waals surface area contributed by atoms with Crippen molar-refractivity contribution in [2.45, 2.75) is 198 Å². The molecule has 13 nitrogen and oxygen atoms in total. The van der Waals surface area contributed by atoms with E-state index < -0.39 is 75.7 Å². The first-order valence-corrected chi connectivity index (χ1v) is 22.3. The van der Waals surface area contributed by atoms with Gasteiger partial charge in [0.05, 0.1) is 6.61 Å². The molecule has 1 rings (SSSR count). The van der Waals surface area contributed by atoms with Gasteiger partial charge in [-0.1, -0.05) is 115 Å². The average Bonchev–Trinajstić information content (AvgIpc) is 3.16. The first-order valence-electron chi connectivity index (χ1n) is 20.8. The molecule has 320 valence electrons. The highest BCUT2D eigenvalue weighted by atomic mass is 31.2. The molecule has 6 N–H and O–H groups in total. The van der Waals surface area contributed by atoms with Crippen LogP contribution in [0.4, 0.5) is 0 Å². The lowest BCUT2D eigenvalue weighted by molar-refractivity contribution is -0.220.